The molecule has 7 heteroatoms. The molecule has 0 heterocycles. The summed E-state index contributed by atoms with van der Waals surface area (Å²) in [5.41, 5.74) is 3.30. The number of nitrogens with one attached hydrogen (secondary N) is 1. The van der Waals surface area contributed by atoms with Crippen molar-refractivity contribution in [2.24, 2.45) is 0 Å². The summed E-state index contributed by atoms with van der Waals surface area (Å²) < 4.78 is 10.6. The van der Waals surface area contributed by atoms with Crippen molar-refractivity contribution < 1.29 is 19.1 Å². The molecule has 0 fully saturated rings. The number of carbonyl (C=O) groups excluding carboxylic acids is 2. The Kier molecular flexibility index (Phi) is 6.98. The van der Waals surface area contributed by atoms with Crippen molar-refractivity contribution >= 4 is 40.8 Å². The molecule has 3 aromatic carbocycles. The van der Waals surface area contributed by atoms with E-state index in [1.807, 2.05) is 32.0 Å². The fraction of sp³-hybridized carbons (Fsp3) is 0.130. The molecule has 154 valence electrons. The summed E-state index contributed by atoms with van der Waals surface area (Å²) in [4.78, 5) is 24.4. The van der Waals surface area contributed by atoms with Crippen molar-refractivity contribution in [2.75, 3.05) is 11.9 Å². The largest absolute Gasteiger partial charge is 0.480 e. The van der Waals surface area contributed by atoms with Gasteiger partial charge >= 0.3 is 5.97 Å². The average molecular weight is 444 g/mol. The highest BCUT2D eigenvalue weighted by atomic mass is 35.5. The smallest absolute Gasteiger partial charge is 0.349 e. The van der Waals surface area contributed by atoms with E-state index < -0.39 is 5.97 Å². The van der Waals surface area contributed by atoms with Crippen LogP contribution >= 0.6 is 23.2 Å². The van der Waals surface area contributed by atoms with Gasteiger partial charge in [0.25, 0.3) is 5.91 Å². The third-order valence-electron chi connectivity index (χ3n) is 4.22. The van der Waals surface area contributed by atoms with Crippen LogP contribution in [0, 0.1) is 13.8 Å². The second-order valence-electron chi connectivity index (χ2n) is 6.63. The third kappa shape index (κ3) is 5.75. The summed E-state index contributed by atoms with van der Waals surface area (Å²) in [5, 5.41) is 3.64. The van der Waals surface area contributed by atoms with E-state index in [4.69, 9.17) is 32.7 Å². The zero-order chi connectivity index (χ0) is 21.7. The number of esters is 1. The molecule has 0 radical (unpaired) electrons. The molecule has 5 nitrogen and oxygen atoms in total. The summed E-state index contributed by atoms with van der Waals surface area (Å²) in [7, 11) is 0. The molecule has 0 aliphatic rings. The van der Waals surface area contributed by atoms with E-state index in [0.717, 1.165) is 16.8 Å². The summed E-state index contributed by atoms with van der Waals surface area (Å²) in [6, 6.07) is 16.8. The number of amides is 1. The molecule has 0 atom stereocenters. The Bertz CT molecular complexity index is 1080. The van der Waals surface area contributed by atoms with Crippen LogP contribution in [0.5, 0.6) is 11.5 Å². The molecule has 0 bridgehead atoms. The maximum Gasteiger partial charge on any atom is 0.349 e. The first kappa shape index (κ1) is 21.7. The van der Waals surface area contributed by atoms with E-state index in [-0.39, 0.29) is 12.5 Å². The van der Waals surface area contributed by atoms with Gasteiger partial charge in [-0.1, -0.05) is 40.9 Å². The lowest BCUT2D eigenvalue weighted by Gasteiger charge is -2.10. The lowest BCUT2D eigenvalue weighted by molar-refractivity contribution is -0.136. The maximum absolute atomic E-state index is 12.4. The Morgan fingerprint density at radius 2 is 1.67 bits per heavy atom. The molecule has 0 aromatic heterocycles. The number of hydrogen-bond acceptors (Lipinski definition) is 4. The van der Waals surface area contributed by atoms with Crippen LogP contribution in [-0.4, -0.2) is 18.5 Å². The van der Waals surface area contributed by atoms with Gasteiger partial charge < -0.3 is 14.8 Å². The van der Waals surface area contributed by atoms with Gasteiger partial charge in [-0.3, -0.25) is 4.79 Å². The van der Waals surface area contributed by atoms with Crippen LogP contribution in [0.15, 0.2) is 60.7 Å². The molecular weight excluding hydrogens is 425 g/mol. The van der Waals surface area contributed by atoms with E-state index in [9.17, 15) is 9.59 Å². The van der Waals surface area contributed by atoms with E-state index in [1.165, 1.54) is 6.07 Å². The summed E-state index contributed by atoms with van der Waals surface area (Å²) in [6.07, 6.45) is 0. The van der Waals surface area contributed by atoms with Gasteiger partial charge in [0.05, 0.1) is 5.02 Å². The zero-order valence-electron chi connectivity index (χ0n) is 16.4. The van der Waals surface area contributed by atoms with Crippen LogP contribution in [0.3, 0.4) is 0 Å². The average Bonchev–Trinajstić information content (AvgIpc) is 2.70. The lowest BCUT2D eigenvalue weighted by atomic mass is 10.1. The number of hydrogen-bond donors (Lipinski definition) is 1. The maximum atomic E-state index is 12.4. The van der Waals surface area contributed by atoms with Crippen molar-refractivity contribution in [1.82, 2.24) is 0 Å². The number of anilines is 1. The number of rotatable bonds is 6. The number of aryl methyl sites for hydroxylation is 2. The Labute approximate surface area is 184 Å². The van der Waals surface area contributed by atoms with Crippen molar-refractivity contribution in [3.05, 3.63) is 87.4 Å². The van der Waals surface area contributed by atoms with Gasteiger partial charge in [-0.2, -0.15) is 0 Å². The molecule has 0 unspecified atom stereocenters. The van der Waals surface area contributed by atoms with Gasteiger partial charge in [-0.25, -0.2) is 4.79 Å². The second kappa shape index (κ2) is 9.65. The minimum Gasteiger partial charge on any atom is -0.480 e. The molecule has 0 aliphatic carbocycles. The monoisotopic (exact) mass is 443 g/mol. The number of halogens is 2. The highest BCUT2D eigenvalue weighted by Crippen LogP contribution is 2.27. The summed E-state index contributed by atoms with van der Waals surface area (Å²) in [6.45, 7) is 3.61. The van der Waals surface area contributed by atoms with E-state index >= 15 is 0 Å². The number of ether oxygens (including phenoxy) is 2. The van der Waals surface area contributed by atoms with Gasteiger partial charge in [0, 0.05) is 16.3 Å². The standard InChI is InChI=1S/C23H19Cl2NO4/c1-14-3-9-20(15(2)11-14)26-23(28)16-4-7-18(8-5-16)30-22(27)13-29-21-10-6-17(24)12-19(21)25/h3-12H,13H2,1-2H3,(H,26,28). The fourth-order valence-electron chi connectivity index (χ4n) is 2.71. The van der Waals surface area contributed by atoms with Gasteiger partial charge in [-0.15, -0.1) is 0 Å². The number of benzene rings is 3. The molecule has 0 aliphatic heterocycles. The first-order valence-corrected chi connectivity index (χ1v) is 9.84. The predicted molar refractivity (Wildman–Crippen MR) is 118 cm³/mol. The summed E-state index contributed by atoms with van der Waals surface area (Å²) in [5.74, 6) is -0.223. The lowest BCUT2D eigenvalue weighted by Crippen LogP contribution is -2.18. The predicted octanol–water partition coefficient (Wildman–Crippen LogP) is 5.85. The molecule has 3 rings (SSSR count). The van der Waals surface area contributed by atoms with Gasteiger partial charge in [-0.05, 0) is 67.9 Å². The highest BCUT2D eigenvalue weighted by Gasteiger charge is 2.11. The van der Waals surface area contributed by atoms with Crippen LogP contribution in [0.1, 0.15) is 21.5 Å². The van der Waals surface area contributed by atoms with Crippen molar-refractivity contribution in [1.29, 1.82) is 0 Å². The minimum atomic E-state index is -0.603. The Balaban J connectivity index is 1.55. The van der Waals surface area contributed by atoms with Crippen LogP contribution in [0.2, 0.25) is 10.0 Å². The van der Waals surface area contributed by atoms with Crippen LogP contribution in [-0.2, 0) is 4.79 Å². The first-order valence-electron chi connectivity index (χ1n) is 9.09. The Morgan fingerprint density at radius 3 is 2.33 bits per heavy atom. The summed E-state index contributed by atoms with van der Waals surface area (Å²) >= 11 is 11.8. The SMILES string of the molecule is Cc1ccc(NC(=O)c2ccc(OC(=O)COc3ccc(Cl)cc3Cl)cc2)c(C)c1. The van der Waals surface area contributed by atoms with Crippen molar-refractivity contribution in [3.63, 3.8) is 0 Å². The normalized spacial score (nSPS) is 10.4. The van der Waals surface area contributed by atoms with Gasteiger partial charge in [0.1, 0.15) is 11.5 Å². The molecule has 1 amide bonds. The molecule has 3 aromatic rings. The van der Waals surface area contributed by atoms with E-state index in [0.29, 0.717) is 27.1 Å². The Hall–Kier alpha value is -3.02. The van der Waals surface area contributed by atoms with Crippen molar-refractivity contribution in [2.45, 2.75) is 13.8 Å². The first-order chi connectivity index (χ1) is 14.3. The second-order valence-corrected chi connectivity index (χ2v) is 7.48. The topological polar surface area (TPSA) is 64.6 Å². The van der Waals surface area contributed by atoms with Gasteiger partial charge in [0.2, 0.25) is 0 Å². The van der Waals surface area contributed by atoms with E-state index in [2.05, 4.69) is 5.32 Å². The van der Waals surface area contributed by atoms with E-state index in [1.54, 1.807) is 36.4 Å². The molecule has 1 N–H and O–H groups in total. The zero-order valence-corrected chi connectivity index (χ0v) is 17.9. The third-order valence-corrected chi connectivity index (χ3v) is 4.75. The fourth-order valence-corrected chi connectivity index (χ4v) is 3.18. The minimum absolute atomic E-state index is 0.249. The molecule has 0 saturated heterocycles. The van der Waals surface area contributed by atoms with Gasteiger partial charge in [0.15, 0.2) is 6.61 Å². The molecule has 0 saturated carbocycles. The molecule has 30 heavy (non-hydrogen) atoms. The van der Waals surface area contributed by atoms with Crippen molar-refractivity contribution in [3.8, 4) is 11.5 Å². The highest BCUT2D eigenvalue weighted by molar-refractivity contribution is 6.35. The number of carbonyl (C=O) groups is 2. The molecular formula is C23H19Cl2NO4. The van der Waals surface area contributed by atoms with Crippen LogP contribution < -0.4 is 14.8 Å². The van der Waals surface area contributed by atoms with Crippen LogP contribution in [0.4, 0.5) is 5.69 Å². The van der Waals surface area contributed by atoms with Crippen LogP contribution in [0.25, 0.3) is 0 Å². The Morgan fingerprint density at radius 1 is 0.933 bits per heavy atom. The quantitative estimate of drug-likeness (QED) is 0.383. The molecule has 0 spiro atoms.